The largest absolute Gasteiger partial charge is 0.332 e. The van der Waals surface area contributed by atoms with Gasteiger partial charge in [-0.25, -0.2) is 9.78 Å². The van der Waals surface area contributed by atoms with Crippen molar-refractivity contribution in [3.05, 3.63) is 27.2 Å². The fourth-order valence-electron chi connectivity index (χ4n) is 3.13. The van der Waals surface area contributed by atoms with E-state index in [4.69, 9.17) is 0 Å². The quantitative estimate of drug-likeness (QED) is 0.605. The van der Waals surface area contributed by atoms with E-state index in [1.807, 2.05) is 4.57 Å². The van der Waals surface area contributed by atoms with Crippen LogP contribution in [0.15, 0.2) is 15.9 Å². The molecule has 0 spiro atoms. The molecule has 22 heavy (non-hydrogen) atoms. The second-order valence-corrected chi connectivity index (χ2v) is 6.27. The minimum Gasteiger partial charge on any atom is -0.328 e. The Morgan fingerprint density at radius 3 is 2.50 bits per heavy atom. The number of fused-ring (bicyclic) bond motifs is 1. The molecule has 3 rings (SSSR count). The van der Waals surface area contributed by atoms with Crippen LogP contribution in [0.3, 0.4) is 0 Å². The van der Waals surface area contributed by atoms with Crippen LogP contribution in [0.5, 0.6) is 0 Å². The first kappa shape index (κ1) is 15.0. The van der Waals surface area contributed by atoms with E-state index in [1.54, 1.807) is 23.2 Å². The summed E-state index contributed by atoms with van der Waals surface area (Å²) in [6.45, 7) is 6.43. The summed E-state index contributed by atoms with van der Waals surface area (Å²) in [5.41, 5.74) is 0.374. The average molecular weight is 308 g/mol. The molecule has 1 fully saturated rings. The molecule has 1 aliphatic rings. The maximum atomic E-state index is 12.4. The molecule has 0 radical (unpaired) electrons. The Bertz CT molecular complexity index is 794. The number of imidazole rings is 1. The van der Waals surface area contributed by atoms with Gasteiger partial charge in [0.1, 0.15) is 26.2 Å². The molecule has 2 aromatic rings. The van der Waals surface area contributed by atoms with Crippen molar-refractivity contribution in [2.75, 3.05) is 39.8 Å². The SMILES string of the molecule is Cn1c(=O)c2c(ncn2CC[NH+]2CC[NH+](C)CC2)n(C)c1=O. The lowest BCUT2D eigenvalue weighted by Gasteiger charge is -2.27. The molecule has 8 nitrogen and oxygen atoms in total. The number of piperazine rings is 1. The molecule has 8 heteroatoms. The second kappa shape index (κ2) is 5.69. The molecule has 0 aromatic carbocycles. The van der Waals surface area contributed by atoms with E-state index in [2.05, 4.69) is 12.0 Å². The molecule has 1 aliphatic heterocycles. The van der Waals surface area contributed by atoms with E-state index in [0.29, 0.717) is 11.2 Å². The zero-order valence-electron chi connectivity index (χ0n) is 13.4. The van der Waals surface area contributed by atoms with Crippen molar-refractivity contribution >= 4 is 11.2 Å². The summed E-state index contributed by atoms with van der Waals surface area (Å²) < 4.78 is 4.46. The van der Waals surface area contributed by atoms with Crippen LogP contribution < -0.4 is 21.0 Å². The second-order valence-electron chi connectivity index (χ2n) is 6.27. The molecule has 0 unspecified atom stereocenters. The molecule has 1 saturated heterocycles. The zero-order valence-corrected chi connectivity index (χ0v) is 13.4. The van der Waals surface area contributed by atoms with Gasteiger partial charge in [0.25, 0.3) is 5.56 Å². The summed E-state index contributed by atoms with van der Waals surface area (Å²) >= 11 is 0. The number of hydrogen-bond acceptors (Lipinski definition) is 3. The third kappa shape index (κ3) is 2.48. The third-order valence-electron chi connectivity index (χ3n) is 4.73. The maximum absolute atomic E-state index is 12.4. The monoisotopic (exact) mass is 308 g/mol. The van der Waals surface area contributed by atoms with Gasteiger partial charge in [-0.2, -0.15) is 0 Å². The predicted molar refractivity (Wildman–Crippen MR) is 82.4 cm³/mol. The summed E-state index contributed by atoms with van der Waals surface area (Å²) in [5, 5.41) is 0. The lowest BCUT2D eigenvalue weighted by molar-refractivity contribution is -1.00. The molecule has 2 N–H and O–H groups in total. The highest BCUT2D eigenvalue weighted by atomic mass is 16.2. The number of aromatic nitrogens is 4. The van der Waals surface area contributed by atoms with E-state index < -0.39 is 0 Å². The molecule has 0 saturated carbocycles. The number of nitrogens with zero attached hydrogens (tertiary/aromatic N) is 4. The fraction of sp³-hybridized carbons (Fsp3) is 0.643. The van der Waals surface area contributed by atoms with E-state index in [9.17, 15) is 9.59 Å². The zero-order chi connectivity index (χ0) is 15.9. The van der Waals surface area contributed by atoms with Gasteiger partial charge in [-0.05, 0) is 0 Å². The normalized spacial score (nSPS) is 22.3. The molecule has 0 amide bonds. The van der Waals surface area contributed by atoms with Crippen LogP contribution in [-0.2, 0) is 20.6 Å². The highest BCUT2D eigenvalue weighted by Gasteiger charge is 2.20. The van der Waals surface area contributed by atoms with E-state index in [1.165, 1.54) is 24.7 Å². The molecule has 120 valence electrons. The van der Waals surface area contributed by atoms with Gasteiger partial charge < -0.3 is 14.4 Å². The average Bonchev–Trinajstić information content (AvgIpc) is 2.94. The van der Waals surface area contributed by atoms with Crippen LogP contribution in [0.25, 0.3) is 11.2 Å². The number of nitrogens with one attached hydrogen (secondary N) is 2. The minimum absolute atomic E-state index is 0.270. The van der Waals surface area contributed by atoms with Crippen molar-refractivity contribution in [1.82, 2.24) is 18.7 Å². The summed E-state index contributed by atoms with van der Waals surface area (Å²) in [7, 11) is 5.39. The van der Waals surface area contributed by atoms with Crippen LogP contribution in [-0.4, -0.2) is 58.5 Å². The number of likely N-dealkylation sites (N-methyl/N-ethyl adjacent to an activating group) is 1. The predicted octanol–water partition coefficient (Wildman–Crippen LogP) is -4.15. The third-order valence-corrected chi connectivity index (χ3v) is 4.73. The van der Waals surface area contributed by atoms with Crippen molar-refractivity contribution in [3.8, 4) is 0 Å². The number of quaternary nitrogens is 2. The van der Waals surface area contributed by atoms with Gasteiger partial charge in [-0.1, -0.05) is 0 Å². The summed E-state index contributed by atoms with van der Waals surface area (Å²) in [6, 6.07) is 0. The van der Waals surface area contributed by atoms with Gasteiger partial charge >= 0.3 is 5.69 Å². The first-order valence-corrected chi connectivity index (χ1v) is 7.74. The summed E-state index contributed by atoms with van der Waals surface area (Å²) in [6.07, 6.45) is 1.67. The minimum atomic E-state index is -0.338. The Balaban J connectivity index is 1.86. The van der Waals surface area contributed by atoms with Crippen LogP contribution in [0.4, 0.5) is 0 Å². The fourth-order valence-corrected chi connectivity index (χ4v) is 3.13. The molecule has 0 bridgehead atoms. The van der Waals surface area contributed by atoms with Gasteiger partial charge in [0.15, 0.2) is 11.2 Å². The molecule has 0 aliphatic carbocycles. The van der Waals surface area contributed by atoms with E-state index >= 15 is 0 Å². The Morgan fingerprint density at radius 1 is 1.14 bits per heavy atom. The summed E-state index contributed by atoms with van der Waals surface area (Å²) in [4.78, 5) is 31.7. The molecular formula is C14H24N6O2+2. The van der Waals surface area contributed by atoms with Crippen LogP contribution in [0.2, 0.25) is 0 Å². The topological polar surface area (TPSA) is 70.7 Å². The first-order chi connectivity index (χ1) is 10.5. The number of rotatable bonds is 3. The van der Waals surface area contributed by atoms with Crippen molar-refractivity contribution in [2.24, 2.45) is 14.1 Å². The first-order valence-electron chi connectivity index (χ1n) is 7.74. The Hall–Kier alpha value is -1.93. The Kier molecular flexibility index (Phi) is 3.88. The standard InChI is InChI=1S/C14H22N6O2/c1-16-4-6-19(7-5-16)8-9-20-10-15-12-11(20)13(21)18(3)14(22)17(12)2/h10H,4-9H2,1-3H3/p+2. The summed E-state index contributed by atoms with van der Waals surface area (Å²) in [5.74, 6) is 0. The van der Waals surface area contributed by atoms with Gasteiger partial charge in [-0.15, -0.1) is 0 Å². The lowest BCUT2D eigenvalue weighted by Crippen LogP contribution is -3.27. The van der Waals surface area contributed by atoms with E-state index in [0.717, 1.165) is 30.7 Å². The van der Waals surface area contributed by atoms with Gasteiger partial charge in [0.2, 0.25) is 0 Å². The van der Waals surface area contributed by atoms with Crippen LogP contribution in [0.1, 0.15) is 0 Å². The van der Waals surface area contributed by atoms with Gasteiger partial charge in [0, 0.05) is 14.1 Å². The molecule has 3 heterocycles. The number of aryl methyl sites for hydroxylation is 1. The molecule has 2 aromatic heterocycles. The van der Waals surface area contributed by atoms with Gasteiger partial charge in [0.05, 0.1) is 26.5 Å². The van der Waals surface area contributed by atoms with Crippen molar-refractivity contribution in [1.29, 1.82) is 0 Å². The number of hydrogen-bond donors (Lipinski definition) is 2. The smallest absolute Gasteiger partial charge is 0.328 e. The van der Waals surface area contributed by atoms with Crippen molar-refractivity contribution in [3.63, 3.8) is 0 Å². The van der Waals surface area contributed by atoms with E-state index in [-0.39, 0.29) is 11.2 Å². The highest BCUT2D eigenvalue weighted by Crippen LogP contribution is 2.04. The van der Waals surface area contributed by atoms with Crippen LogP contribution in [0, 0.1) is 0 Å². The van der Waals surface area contributed by atoms with Crippen LogP contribution >= 0.6 is 0 Å². The lowest BCUT2D eigenvalue weighted by atomic mass is 10.3. The Labute approximate surface area is 128 Å². The van der Waals surface area contributed by atoms with Crippen molar-refractivity contribution in [2.45, 2.75) is 6.54 Å². The highest BCUT2D eigenvalue weighted by molar-refractivity contribution is 5.69. The van der Waals surface area contributed by atoms with Crippen molar-refractivity contribution < 1.29 is 9.80 Å². The molecule has 0 atom stereocenters. The molecular weight excluding hydrogens is 284 g/mol. The Morgan fingerprint density at radius 2 is 1.82 bits per heavy atom. The van der Waals surface area contributed by atoms with Gasteiger partial charge in [-0.3, -0.25) is 13.9 Å². The maximum Gasteiger partial charge on any atom is 0.332 e.